The molecule has 21 heavy (non-hydrogen) atoms. The summed E-state index contributed by atoms with van der Waals surface area (Å²) in [5.41, 5.74) is 0. The van der Waals surface area contributed by atoms with Crippen molar-refractivity contribution in [3.05, 3.63) is 42.9 Å². The molecule has 1 saturated carbocycles. The Morgan fingerprint density at radius 1 is 1.43 bits per heavy atom. The largest absolute Gasteiger partial charge is 0.469 e. The molecule has 1 aliphatic heterocycles. The fourth-order valence-electron chi connectivity index (χ4n) is 3.40. The van der Waals surface area contributed by atoms with E-state index in [1.54, 1.807) is 12.5 Å². The van der Waals surface area contributed by atoms with Crippen molar-refractivity contribution in [3.8, 4) is 0 Å². The molecule has 5 heteroatoms. The van der Waals surface area contributed by atoms with Crippen LogP contribution in [0.1, 0.15) is 37.0 Å². The van der Waals surface area contributed by atoms with Gasteiger partial charge in [0.05, 0.1) is 18.6 Å². The van der Waals surface area contributed by atoms with E-state index in [0.29, 0.717) is 17.9 Å². The summed E-state index contributed by atoms with van der Waals surface area (Å²) in [7, 11) is 0. The molecule has 0 radical (unpaired) electrons. The Morgan fingerprint density at radius 3 is 3.14 bits per heavy atom. The van der Waals surface area contributed by atoms with Crippen molar-refractivity contribution < 1.29 is 9.21 Å². The summed E-state index contributed by atoms with van der Waals surface area (Å²) in [5.74, 6) is 1.66. The number of hydrogen-bond donors (Lipinski definition) is 0. The third-order valence-corrected chi connectivity index (χ3v) is 4.67. The first-order valence-electron chi connectivity index (χ1n) is 7.62. The Labute approximate surface area is 123 Å². The smallest absolute Gasteiger partial charge is 0.226 e. The second-order valence-electron chi connectivity index (χ2n) is 6.05. The van der Waals surface area contributed by atoms with Crippen LogP contribution < -0.4 is 0 Å². The molecule has 0 aromatic carbocycles. The summed E-state index contributed by atoms with van der Waals surface area (Å²) < 4.78 is 7.54. The second-order valence-corrected chi connectivity index (χ2v) is 6.05. The molecule has 0 spiro atoms. The molecule has 110 valence electrons. The molecule has 2 aromatic rings. The van der Waals surface area contributed by atoms with Crippen molar-refractivity contribution >= 4 is 5.91 Å². The minimum atomic E-state index is 0.123. The average molecular weight is 285 g/mol. The molecule has 2 aliphatic rings. The number of aromatic nitrogens is 2. The SMILES string of the molecule is O=C([C@@H]1C[C@@H]1c1ccco1)N1CCC[C@H](n2ccnc2)C1. The zero-order valence-corrected chi connectivity index (χ0v) is 11.9. The number of piperidine rings is 1. The molecule has 1 aliphatic carbocycles. The minimum Gasteiger partial charge on any atom is -0.469 e. The zero-order chi connectivity index (χ0) is 14.2. The number of likely N-dealkylation sites (tertiary alicyclic amines) is 1. The number of amides is 1. The molecule has 0 unspecified atom stereocenters. The van der Waals surface area contributed by atoms with Crippen molar-refractivity contribution in [2.24, 2.45) is 5.92 Å². The van der Waals surface area contributed by atoms with Crippen LogP contribution in [-0.4, -0.2) is 33.4 Å². The maximum atomic E-state index is 12.6. The van der Waals surface area contributed by atoms with Crippen LogP contribution >= 0.6 is 0 Å². The van der Waals surface area contributed by atoms with Gasteiger partial charge in [-0.2, -0.15) is 0 Å². The monoisotopic (exact) mass is 285 g/mol. The molecule has 4 rings (SSSR count). The van der Waals surface area contributed by atoms with Gasteiger partial charge in [0.25, 0.3) is 0 Å². The standard InChI is InChI=1S/C16H19N3O2/c20-16(14-9-13(14)15-4-2-8-21-15)18-6-1-3-12(10-18)19-7-5-17-11-19/h2,4-5,7-8,11-14H,1,3,6,9-10H2/t12-,13-,14+/m0/s1. The van der Waals surface area contributed by atoms with Gasteiger partial charge in [-0.3, -0.25) is 4.79 Å². The third kappa shape index (κ3) is 2.37. The lowest BCUT2D eigenvalue weighted by Crippen LogP contribution is -2.41. The van der Waals surface area contributed by atoms with Gasteiger partial charge in [0.1, 0.15) is 5.76 Å². The maximum Gasteiger partial charge on any atom is 0.226 e. The number of carbonyl (C=O) groups excluding carboxylic acids is 1. The molecule has 3 heterocycles. The fourth-order valence-corrected chi connectivity index (χ4v) is 3.40. The van der Waals surface area contributed by atoms with Gasteiger partial charge in [0, 0.05) is 37.3 Å². The Hall–Kier alpha value is -2.04. The Bertz CT molecular complexity index is 606. The maximum absolute atomic E-state index is 12.6. The minimum absolute atomic E-state index is 0.123. The van der Waals surface area contributed by atoms with Crippen molar-refractivity contribution in [1.29, 1.82) is 0 Å². The number of carbonyl (C=O) groups is 1. The van der Waals surface area contributed by atoms with Crippen molar-refractivity contribution in [1.82, 2.24) is 14.5 Å². The third-order valence-electron chi connectivity index (χ3n) is 4.67. The van der Waals surface area contributed by atoms with Crippen LogP contribution in [0.15, 0.2) is 41.5 Å². The van der Waals surface area contributed by atoms with Gasteiger partial charge in [-0.15, -0.1) is 0 Å². The molecule has 5 nitrogen and oxygen atoms in total. The van der Waals surface area contributed by atoms with E-state index in [9.17, 15) is 4.79 Å². The summed E-state index contributed by atoms with van der Waals surface area (Å²) in [5, 5.41) is 0. The summed E-state index contributed by atoms with van der Waals surface area (Å²) in [6, 6.07) is 4.24. The van der Waals surface area contributed by atoms with Crippen LogP contribution in [0.3, 0.4) is 0 Å². The van der Waals surface area contributed by atoms with Gasteiger partial charge >= 0.3 is 0 Å². The predicted octanol–water partition coefficient (Wildman–Crippen LogP) is 2.44. The van der Waals surface area contributed by atoms with Gasteiger partial charge in [0.15, 0.2) is 0 Å². The van der Waals surface area contributed by atoms with Crippen molar-refractivity contribution in [2.45, 2.75) is 31.2 Å². The highest BCUT2D eigenvalue weighted by molar-refractivity contribution is 5.83. The fraction of sp³-hybridized carbons (Fsp3) is 0.500. The van der Waals surface area contributed by atoms with Gasteiger partial charge in [-0.05, 0) is 31.4 Å². The van der Waals surface area contributed by atoms with Crippen LogP contribution in [0.4, 0.5) is 0 Å². The van der Waals surface area contributed by atoms with Crippen molar-refractivity contribution in [3.63, 3.8) is 0 Å². The number of imidazole rings is 1. The van der Waals surface area contributed by atoms with E-state index in [2.05, 4.69) is 9.55 Å². The molecule has 2 aromatic heterocycles. The summed E-state index contributed by atoms with van der Waals surface area (Å²) in [6.45, 7) is 1.68. The van der Waals surface area contributed by atoms with Crippen molar-refractivity contribution in [2.75, 3.05) is 13.1 Å². The highest BCUT2D eigenvalue weighted by Gasteiger charge is 2.48. The van der Waals surface area contributed by atoms with Gasteiger partial charge in [-0.1, -0.05) is 0 Å². The predicted molar refractivity (Wildman–Crippen MR) is 76.6 cm³/mol. The summed E-state index contributed by atoms with van der Waals surface area (Å²) in [6.07, 6.45) is 10.4. The first-order chi connectivity index (χ1) is 10.3. The van der Waals surface area contributed by atoms with Crippen LogP contribution in [0, 0.1) is 5.92 Å². The molecule has 1 amide bonds. The van der Waals surface area contributed by atoms with Crippen LogP contribution in [-0.2, 0) is 4.79 Å². The van der Waals surface area contributed by atoms with E-state index in [1.807, 2.05) is 29.6 Å². The molecular formula is C16H19N3O2. The van der Waals surface area contributed by atoms with E-state index in [4.69, 9.17) is 4.42 Å². The molecule has 2 fully saturated rings. The first kappa shape index (κ1) is 12.7. The zero-order valence-electron chi connectivity index (χ0n) is 11.9. The topological polar surface area (TPSA) is 51.3 Å². The molecule has 1 saturated heterocycles. The first-order valence-corrected chi connectivity index (χ1v) is 7.62. The lowest BCUT2D eigenvalue weighted by atomic mass is 10.0. The molecular weight excluding hydrogens is 266 g/mol. The Kier molecular flexibility index (Phi) is 3.05. The van der Waals surface area contributed by atoms with Gasteiger partial charge in [0.2, 0.25) is 5.91 Å². The van der Waals surface area contributed by atoms with Crippen LogP contribution in [0.2, 0.25) is 0 Å². The molecule has 3 atom stereocenters. The highest BCUT2D eigenvalue weighted by atomic mass is 16.3. The van der Waals surface area contributed by atoms with E-state index in [1.165, 1.54) is 0 Å². The van der Waals surface area contributed by atoms with E-state index in [0.717, 1.165) is 38.1 Å². The Balaban J connectivity index is 1.41. The van der Waals surface area contributed by atoms with E-state index < -0.39 is 0 Å². The number of hydrogen-bond acceptors (Lipinski definition) is 3. The number of rotatable bonds is 3. The highest BCUT2D eigenvalue weighted by Crippen LogP contribution is 2.49. The van der Waals surface area contributed by atoms with E-state index >= 15 is 0 Å². The lowest BCUT2D eigenvalue weighted by Gasteiger charge is -2.33. The summed E-state index contributed by atoms with van der Waals surface area (Å²) >= 11 is 0. The number of nitrogens with zero attached hydrogens (tertiary/aromatic N) is 3. The molecule has 0 N–H and O–H groups in total. The molecule has 0 bridgehead atoms. The average Bonchev–Trinajstić information content (AvgIpc) is 2.98. The van der Waals surface area contributed by atoms with Crippen LogP contribution in [0.5, 0.6) is 0 Å². The van der Waals surface area contributed by atoms with E-state index in [-0.39, 0.29) is 5.92 Å². The summed E-state index contributed by atoms with van der Waals surface area (Å²) in [4.78, 5) is 18.8. The van der Waals surface area contributed by atoms with Crippen LogP contribution in [0.25, 0.3) is 0 Å². The lowest BCUT2D eigenvalue weighted by molar-refractivity contribution is -0.134. The normalized spacial score (nSPS) is 28.6. The second kappa shape index (κ2) is 5.06. The quantitative estimate of drug-likeness (QED) is 0.870. The van der Waals surface area contributed by atoms with Gasteiger partial charge in [-0.25, -0.2) is 4.98 Å². The number of furan rings is 1. The van der Waals surface area contributed by atoms with Gasteiger partial charge < -0.3 is 13.9 Å². The Morgan fingerprint density at radius 2 is 2.38 bits per heavy atom.